The highest BCUT2D eigenvalue weighted by molar-refractivity contribution is 7.89. The first-order valence-electron chi connectivity index (χ1n) is 10.7. The Morgan fingerprint density at radius 3 is 2.44 bits per heavy atom. The van der Waals surface area contributed by atoms with Crippen LogP contribution < -0.4 is 4.90 Å². The van der Waals surface area contributed by atoms with Crippen LogP contribution in [-0.4, -0.2) is 60.4 Å². The van der Waals surface area contributed by atoms with E-state index in [1.807, 2.05) is 30.3 Å². The molecule has 1 atom stereocenters. The molecule has 8 nitrogen and oxygen atoms in total. The molecule has 9 heteroatoms. The van der Waals surface area contributed by atoms with Gasteiger partial charge in [-0.15, -0.1) is 0 Å². The third-order valence-corrected chi connectivity index (χ3v) is 8.20. The quantitative estimate of drug-likeness (QED) is 0.719. The van der Waals surface area contributed by atoms with Crippen molar-refractivity contribution < 1.29 is 23.1 Å². The summed E-state index contributed by atoms with van der Waals surface area (Å²) in [4.78, 5) is 27.7. The van der Waals surface area contributed by atoms with Gasteiger partial charge in [0.2, 0.25) is 15.9 Å². The second-order valence-electron chi connectivity index (χ2n) is 8.32. The van der Waals surface area contributed by atoms with E-state index >= 15 is 0 Å². The van der Waals surface area contributed by atoms with Crippen LogP contribution in [0.2, 0.25) is 0 Å². The molecule has 1 N–H and O–H groups in total. The molecule has 2 aliphatic rings. The van der Waals surface area contributed by atoms with E-state index in [0.29, 0.717) is 24.3 Å². The number of nitrogens with zero attached hydrogens (tertiary/aromatic N) is 3. The number of benzene rings is 2. The zero-order chi connectivity index (χ0) is 22.9. The van der Waals surface area contributed by atoms with Gasteiger partial charge >= 0.3 is 6.09 Å². The minimum atomic E-state index is -3.55. The maximum Gasteiger partial charge on any atom is 0.407 e. The lowest BCUT2D eigenvalue weighted by molar-refractivity contribution is -0.117. The summed E-state index contributed by atoms with van der Waals surface area (Å²) in [5.74, 6) is -0.177. The van der Waals surface area contributed by atoms with E-state index in [9.17, 15) is 23.1 Å². The standard InChI is InChI=1S/C23H27N3O5S/c1-17-13-19(9-10-21(17)32(30,31)24-11-5-6-12-24)25-16-20(14-22(25)27)26(23(28)29)15-18-7-3-2-4-8-18/h2-4,7-10,13,20H,5-6,11-12,14-16H2,1H3,(H,28,29). The lowest BCUT2D eigenvalue weighted by atomic mass is 10.1. The van der Waals surface area contributed by atoms with Gasteiger partial charge in [0.15, 0.2) is 0 Å². The zero-order valence-corrected chi connectivity index (χ0v) is 18.8. The zero-order valence-electron chi connectivity index (χ0n) is 18.0. The number of carbonyl (C=O) groups excluding carboxylic acids is 1. The van der Waals surface area contributed by atoms with Crippen LogP contribution in [0.3, 0.4) is 0 Å². The van der Waals surface area contributed by atoms with Gasteiger partial charge in [-0.25, -0.2) is 13.2 Å². The molecule has 0 radical (unpaired) electrons. The van der Waals surface area contributed by atoms with Crippen LogP contribution in [0.5, 0.6) is 0 Å². The fourth-order valence-electron chi connectivity index (χ4n) is 4.44. The van der Waals surface area contributed by atoms with Crippen molar-refractivity contribution in [2.45, 2.75) is 43.7 Å². The molecule has 2 amide bonds. The lowest BCUT2D eigenvalue weighted by Gasteiger charge is -2.26. The first-order chi connectivity index (χ1) is 15.3. The number of carbonyl (C=O) groups is 2. The average molecular weight is 458 g/mol. The van der Waals surface area contributed by atoms with Gasteiger partial charge in [-0.05, 0) is 49.1 Å². The number of rotatable bonds is 6. The van der Waals surface area contributed by atoms with Gasteiger partial charge < -0.3 is 10.0 Å². The predicted octanol–water partition coefficient (Wildman–Crippen LogP) is 3.07. The van der Waals surface area contributed by atoms with E-state index < -0.39 is 22.2 Å². The highest BCUT2D eigenvalue weighted by Gasteiger charge is 2.37. The number of hydrogen-bond acceptors (Lipinski definition) is 4. The van der Waals surface area contributed by atoms with E-state index in [2.05, 4.69) is 0 Å². The monoisotopic (exact) mass is 457 g/mol. The van der Waals surface area contributed by atoms with Crippen LogP contribution in [0.15, 0.2) is 53.4 Å². The van der Waals surface area contributed by atoms with Gasteiger partial charge in [-0.3, -0.25) is 9.69 Å². The Balaban J connectivity index is 1.53. The number of anilines is 1. The van der Waals surface area contributed by atoms with Gasteiger partial charge in [0.25, 0.3) is 0 Å². The van der Waals surface area contributed by atoms with Gasteiger partial charge in [0, 0.05) is 38.3 Å². The molecule has 4 rings (SSSR count). The van der Waals surface area contributed by atoms with Crippen LogP contribution in [0.4, 0.5) is 10.5 Å². The molecule has 170 valence electrons. The Morgan fingerprint density at radius 2 is 1.81 bits per heavy atom. The minimum absolute atomic E-state index is 0.0893. The fourth-order valence-corrected chi connectivity index (χ4v) is 6.16. The lowest BCUT2D eigenvalue weighted by Crippen LogP contribution is -2.40. The average Bonchev–Trinajstić information content (AvgIpc) is 3.43. The summed E-state index contributed by atoms with van der Waals surface area (Å²) in [6, 6.07) is 13.7. The first-order valence-corrected chi connectivity index (χ1v) is 12.2. The second-order valence-corrected chi connectivity index (χ2v) is 10.2. The molecule has 2 saturated heterocycles. The Bertz CT molecular complexity index is 1110. The molecule has 2 aromatic carbocycles. The minimum Gasteiger partial charge on any atom is -0.465 e. The molecule has 2 heterocycles. The third-order valence-electron chi connectivity index (χ3n) is 6.14. The molecule has 32 heavy (non-hydrogen) atoms. The summed E-state index contributed by atoms with van der Waals surface area (Å²) in [5, 5.41) is 9.74. The van der Waals surface area contributed by atoms with Crippen molar-refractivity contribution in [3.05, 3.63) is 59.7 Å². The van der Waals surface area contributed by atoms with Crippen LogP contribution in [0.1, 0.15) is 30.4 Å². The Kier molecular flexibility index (Phi) is 6.21. The predicted molar refractivity (Wildman–Crippen MR) is 120 cm³/mol. The van der Waals surface area contributed by atoms with Crippen molar-refractivity contribution in [1.29, 1.82) is 0 Å². The summed E-state index contributed by atoms with van der Waals surface area (Å²) in [6.45, 7) is 3.22. The van der Waals surface area contributed by atoms with Crippen LogP contribution >= 0.6 is 0 Å². The van der Waals surface area contributed by atoms with Gasteiger partial charge in [0.1, 0.15) is 0 Å². The number of hydrogen-bond donors (Lipinski definition) is 1. The van der Waals surface area contributed by atoms with Crippen molar-refractivity contribution in [3.63, 3.8) is 0 Å². The van der Waals surface area contributed by atoms with Gasteiger partial charge in [-0.2, -0.15) is 4.31 Å². The molecule has 2 fully saturated rings. The highest BCUT2D eigenvalue weighted by atomic mass is 32.2. The molecule has 0 saturated carbocycles. The molecule has 1 unspecified atom stereocenters. The van der Waals surface area contributed by atoms with E-state index in [1.54, 1.807) is 30.0 Å². The number of amides is 2. The van der Waals surface area contributed by atoms with E-state index in [0.717, 1.165) is 18.4 Å². The van der Waals surface area contributed by atoms with Crippen LogP contribution in [0.25, 0.3) is 0 Å². The fraction of sp³-hybridized carbons (Fsp3) is 0.391. The molecule has 0 aromatic heterocycles. The topological polar surface area (TPSA) is 98.2 Å². The van der Waals surface area contributed by atoms with Crippen molar-refractivity contribution in [2.75, 3.05) is 24.5 Å². The summed E-state index contributed by atoms with van der Waals surface area (Å²) in [5.41, 5.74) is 2.01. The van der Waals surface area contributed by atoms with Crippen molar-refractivity contribution in [3.8, 4) is 0 Å². The van der Waals surface area contributed by atoms with Crippen molar-refractivity contribution in [1.82, 2.24) is 9.21 Å². The van der Waals surface area contributed by atoms with E-state index in [1.165, 1.54) is 9.21 Å². The molecule has 0 aliphatic carbocycles. The normalized spacial score (nSPS) is 19.5. The summed E-state index contributed by atoms with van der Waals surface area (Å²) in [7, 11) is -3.55. The largest absolute Gasteiger partial charge is 0.465 e. The molecular formula is C23H27N3O5S. The van der Waals surface area contributed by atoms with Gasteiger partial charge in [0.05, 0.1) is 10.9 Å². The Hall–Kier alpha value is -2.91. The van der Waals surface area contributed by atoms with E-state index in [-0.39, 0.29) is 30.3 Å². The van der Waals surface area contributed by atoms with Crippen LogP contribution in [-0.2, 0) is 21.4 Å². The first kappa shape index (κ1) is 22.3. The molecule has 2 aromatic rings. The van der Waals surface area contributed by atoms with Crippen LogP contribution in [0, 0.1) is 6.92 Å². The molecule has 0 bridgehead atoms. The number of carboxylic acid groups (broad SMARTS) is 1. The Labute approximate surface area is 188 Å². The molecule has 0 spiro atoms. The Morgan fingerprint density at radius 1 is 1.12 bits per heavy atom. The SMILES string of the molecule is Cc1cc(N2CC(N(Cc3ccccc3)C(=O)O)CC2=O)ccc1S(=O)(=O)N1CCCC1. The van der Waals surface area contributed by atoms with E-state index in [4.69, 9.17) is 0 Å². The van der Waals surface area contributed by atoms with Gasteiger partial charge in [-0.1, -0.05) is 30.3 Å². The second kappa shape index (κ2) is 8.91. The highest BCUT2D eigenvalue weighted by Crippen LogP contribution is 2.30. The van der Waals surface area contributed by atoms with Crippen molar-refractivity contribution >= 4 is 27.7 Å². The summed E-state index contributed by atoms with van der Waals surface area (Å²) in [6.07, 6.45) is 0.745. The maximum atomic E-state index is 12.9. The molecule has 2 aliphatic heterocycles. The maximum absolute atomic E-state index is 12.9. The summed E-state index contributed by atoms with van der Waals surface area (Å²) < 4.78 is 27.3. The smallest absolute Gasteiger partial charge is 0.407 e. The molecular weight excluding hydrogens is 430 g/mol. The number of sulfonamides is 1. The van der Waals surface area contributed by atoms with Crippen molar-refractivity contribution in [2.24, 2.45) is 0 Å². The summed E-state index contributed by atoms with van der Waals surface area (Å²) >= 11 is 0. The number of aryl methyl sites for hydroxylation is 1. The third kappa shape index (κ3) is 4.35.